The fourth-order valence-corrected chi connectivity index (χ4v) is 2.03. The average molecular weight is 289 g/mol. The maximum Gasteiger partial charge on any atom is 0.310 e. The number of esters is 1. The van der Waals surface area contributed by atoms with Crippen molar-refractivity contribution in [3.05, 3.63) is 16.7 Å². The Morgan fingerprint density at radius 3 is 2.16 bits per heavy atom. The molecule has 0 heterocycles. The van der Waals surface area contributed by atoms with Crippen LogP contribution in [0.3, 0.4) is 0 Å². The number of ether oxygens (including phenoxy) is 4. The molecule has 0 saturated heterocycles. The van der Waals surface area contributed by atoms with E-state index in [-0.39, 0.29) is 12.4 Å². The van der Waals surface area contributed by atoms with Gasteiger partial charge in [0.15, 0.2) is 11.5 Å². The lowest BCUT2D eigenvalue weighted by Crippen LogP contribution is -2.09. The van der Waals surface area contributed by atoms with Gasteiger partial charge < -0.3 is 18.9 Å². The lowest BCUT2D eigenvalue weighted by atomic mass is 10.1. The van der Waals surface area contributed by atoms with Crippen molar-refractivity contribution in [3.8, 4) is 17.2 Å². The average Bonchev–Trinajstić information content (AvgIpc) is 2.38. The molecule has 19 heavy (non-hydrogen) atoms. The van der Waals surface area contributed by atoms with E-state index in [9.17, 15) is 4.79 Å². The molecule has 0 fully saturated rings. The quantitative estimate of drug-likeness (QED) is 0.753. The summed E-state index contributed by atoms with van der Waals surface area (Å²) in [5.41, 5.74) is 0.587. The molecule has 1 aromatic rings. The number of rotatable bonds is 6. The van der Waals surface area contributed by atoms with Gasteiger partial charge in [0, 0.05) is 5.56 Å². The fraction of sp³-hybridized carbons (Fsp3) is 0.462. The van der Waals surface area contributed by atoms with Crippen LogP contribution in [0.1, 0.15) is 12.5 Å². The summed E-state index contributed by atoms with van der Waals surface area (Å²) in [4.78, 5) is 11.6. The van der Waals surface area contributed by atoms with Gasteiger partial charge in [-0.15, -0.1) is 0 Å². The van der Waals surface area contributed by atoms with Gasteiger partial charge in [0.2, 0.25) is 5.75 Å². The summed E-state index contributed by atoms with van der Waals surface area (Å²) in [7, 11) is 4.44. The van der Waals surface area contributed by atoms with Gasteiger partial charge in [-0.25, -0.2) is 0 Å². The third-order valence-corrected chi connectivity index (χ3v) is 2.76. The summed E-state index contributed by atoms with van der Waals surface area (Å²) in [6, 6.07) is 1.61. The van der Waals surface area contributed by atoms with Crippen molar-refractivity contribution in [1.29, 1.82) is 0 Å². The second-order valence-electron chi connectivity index (χ2n) is 3.60. The highest BCUT2D eigenvalue weighted by Gasteiger charge is 2.21. The number of hydrogen-bond donors (Lipinski definition) is 0. The predicted octanol–water partition coefficient (Wildman–Crippen LogP) is 2.47. The van der Waals surface area contributed by atoms with E-state index < -0.39 is 0 Å². The van der Waals surface area contributed by atoms with Gasteiger partial charge in [-0.1, -0.05) is 11.6 Å². The summed E-state index contributed by atoms with van der Waals surface area (Å²) in [5.74, 6) is 0.784. The summed E-state index contributed by atoms with van der Waals surface area (Å²) in [6.07, 6.45) is 0.0527. The summed E-state index contributed by atoms with van der Waals surface area (Å²) < 4.78 is 20.6. The highest BCUT2D eigenvalue weighted by atomic mass is 35.5. The Balaban J connectivity index is 3.24. The molecule has 0 spiro atoms. The second kappa shape index (κ2) is 7.09. The minimum Gasteiger partial charge on any atom is -0.492 e. The van der Waals surface area contributed by atoms with E-state index in [2.05, 4.69) is 0 Å². The van der Waals surface area contributed by atoms with Gasteiger partial charge in [-0.3, -0.25) is 4.79 Å². The first-order chi connectivity index (χ1) is 9.08. The van der Waals surface area contributed by atoms with Crippen LogP contribution in [-0.4, -0.2) is 33.9 Å². The van der Waals surface area contributed by atoms with E-state index in [0.717, 1.165) is 0 Å². The van der Waals surface area contributed by atoms with Crippen LogP contribution >= 0.6 is 11.6 Å². The maximum atomic E-state index is 11.6. The van der Waals surface area contributed by atoms with Crippen molar-refractivity contribution in [2.75, 3.05) is 27.9 Å². The maximum absolute atomic E-state index is 11.6. The van der Waals surface area contributed by atoms with Gasteiger partial charge in [-0.05, 0) is 13.0 Å². The van der Waals surface area contributed by atoms with Crippen molar-refractivity contribution >= 4 is 17.6 Å². The zero-order valence-corrected chi connectivity index (χ0v) is 12.2. The molecule has 0 N–H and O–H groups in total. The Morgan fingerprint density at radius 1 is 1.11 bits per heavy atom. The Bertz CT molecular complexity index is 459. The number of halogens is 1. The standard InChI is InChI=1S/C13H17ClO5/c1-5-19-10(15)7-8-6-9(14)12(17-3)13(18-4)11(8)16-2/h6H,5,7H2,1-4H3. The zero-order chi connectivity index (χ0) is 14.4. The van der Waals surface area contributed by atoms with E-state index in [1.807, 2.05) is 0 Å². The molecule has 0 aliphatic heterocycles. The topological polar surface area (TPSA) is 54.0 Å². The molecule has 0 aromatic heterocycles. The first-order valence-electron chi connectivity index (χ1n) is 5.71. The number of benzene rings is 1. The third-order valence-electron chi connectivity index (χ3n) is 2.47. The molecule has 0 saturated carbocycles. The van der Waals surface area contributed by atoms with E-state index in [0.29, 0.717) is 34.4 Å². The molecule has 0 atom stereocenters. The SMILES string of the molecule is CCOC(=O)Cc1cc(Cl)c(OC)c(OC)c1OC. The largest absolute Gasteiger partial charge is 0.492 e. The first-order valence-corrected chi connectivity index (χ1v) is 6.09. The lowest BCUT2D eigenvalue weighted by molar-refractivity contribution is -0.142. The van der Waals surface area contributed by atoms with E-state index >= 15 is 0 Å². The van der Waals surface area contributed by atoms with E-state index in [1.165, 1.54) is 21.3 Å². The summed E-state index contributed by atoms with van der Waals surface area (Å²) in [5, 5.41) is 0.347. The predicted molar refractivity (Wildman–Crippen MR) is 71.4 cm³/mol. The number of carbonyl (C=O) groups is 1. The highest BCUT2D eigenvalue weighted by molar-refractivity contribution is 6.32. The molecule has 0 amide bonds. The Labute approximate surface area is 117 Å². The molecule has 6 heteroatoms. The fourth-order valence-electron chi connectivity index (χ4n) is 1.74. The summed E-state index contributed by atoms with van der Waals surface area (Å²) in [6.45, 7) is 2.07. The molecule has 1 rings (SSSR count). The molecular weight excluding hydrogens is 272 g/mol. The Hall–Kier alpha value is -1.62. The molecule has 0 aliphatic rings. The van der Waals surface area contributed by atoms with Crippen LogP contribution in [0.25, 0.3) is 0 Å². The Morgan fingerprint density at radius 2 is 1.68 bits per heavy atom. The molecule has 0 radical (unpaired) electrons. The lowest BCUT2D eigenvalue weighted by Gasteiger charge is -2.16. The normalized spacial score (nSPS) is 9.95. The molecule has 5 nitrogen and oxygen atoms in total. The van der Waals surface area contributed by atoms with Gasteiger partial charge in [0.05, 0.1) is 39.4 Å². The monoisotopic (exact) mass is 288 g/mol. The van der Waals surface area contributed by atoms with Crippen LogP contribution in [0.15, 0.2) is 6.07 Å². The van der Waals surface area contributed by atoms with Crippen LogP contribution in [0, 0.1) is 0 Å². The second-order valence-corrected chi connectivity index (χ2v) is 4.01. The molecule has 0 unspecified atom stereocenters. The molecular formula is C13H17ClO5. The van der Waals surface area contributed by atoms with Crippen LogP contribution in [0.2, 0.25) is 5.02 Å². The Kier molecular flexibility index (Phi) is 5.76. The third kappa shape index (κ3) is 3.44. The minimum absolute atomic E-state index is 0.0527. The van der Waals surface area contributed by atoms with E-state index in [4.69, 9.17) is 30.5 Å². The van der Waals surface area contributed by atoms with Crippen LogP contribution in [-0.2, 0) is 16.0 Å². The van der Waals surface area contributed by atoms with Crippen molar-refractivity contribution in [1.82, 2.24) is 0 Å². The van der Waals surface area contributed by atoms with Crippen molar-refractivity contribution in [2.24, 2.45) is 0 Å². The minimum atomic E-state index is -0.357. The highest BCUT2D eigenvalue weighted by Crippen LogP contribution is 2.45. The summed E-state index contributed by atoms with van der Waals surface area (Å²) >= 11 is 6.09. The smallest absolute Gasteiger partial charge is 0.310 e. The van der Waals surface area contributed by atoms with Gasteiger partial charge >= 0.3 is 5.97 Å². The van der Waals surface area contributed by atoms with E-state index in [1.54, 1.807) is 13.0 Å². The number of carbonyl (C=O) groups excluding carboxylic acids is 1. The van der Waals surface area contributed by atoms with Crippen LogP contribution < -0.4 is 14.2 Å². The van der Waals surface area contributed by atoms with Crippen molar-refractivity contribution in [2.45, 2.75) is 13.3 Å². The van der Waals surface area contributed by atoms with Gasteiger partial charge in [0.1, 0.15) is 0 Å². The van der Waals surface area contributed by atoms with Crippen molar-refractivity contribution in [3.63, 3.8) is 0 Å². The first kappa shape index (κ1) is 15.4. The van der Waals surface area contributed by atoms with Gasteiger partial charge in [0.25, 0.3) is 0 Å². The number of hydrogen-bond acceptors (Lipinski definition) is 5. The molecule has 0 bridgehead atoms. The molecule has 1 aromatic carbocycles. The van der Waals surface area contributed by atoms with Crippen molar-refractivity contribution < 1.29 is 23.7 Å². The molecule has 0 aliphatic carbocycles. The zero-order valence-electron chi connectivity index (χ0n) is 11.4. The van der Waals surface area contributed by atoms with Crippen LogP contribution in [0.4, 0.5) is 0 Å². The molecule has 106 valence electrons. The van der Waals surface area contributed by atoms with Gasteiger partial charge in [-0.2, -0.15) is 0 Å². The van der Waals surface area contributed by atoms with Crippen LogP contribution in [0.5, 0.6) is 17.2 Å². The number of methoxy groups -OCH3 is 3.